The molecule has 0 aromatic heterocycles. The standard InChI is InChI=1S/C42H41F5N4O4/c43-30-3-1-2-27(15-30)37-20-32(45)22-51(37)39(23-55-34-7-9-36-26(19-34)5-11-41(53)49-36)29-14-28(16-31(44)17-29)38-21-42(46,47)24-50(38)12-13-54-33-6-8-35-25(18-33)4-10-40(52)48-35/h1-3,6-9,14-19,32,37-39H,4-5,10-13,20-24H2,(H,48,52)(H,49,53). The highest BCUT2D eigenvalue weighted by Crippen LogP contribution is 2.44. The summed E-state index contributed by atoms with van der Waals surface area (Å²) >= 11 is 0. The maximum Gasteiger partial charge on any atom is 0.262 e. The van der Waals surface area contributed by atoms with Gasteiger partial charge in [-0.1, -0.05) is 18.2 Å². The van der Waals surface area contributed by atoms with Crippen molar-refractivity contribution in [3.05, 3.63) is 118 Å². The van der Waals surface area contributed by atoms with Crippen molar-refractivity contribution in [1.29, 1.82) is 0 Å². The fourth-order valence-corrected chi connectivity index (χ4v) is 8.40. The van der Waals surface area contributed by atoms with Crippen LogP contribution in [0.3, 0.4) is 0 Å². The van der Waals surface area contributed by atoms with Crippen molar-refractivity contribution >= 4 is 23.2 Å². The summed E-state index contributed by atoms with van der Waals surface area (Å²) in [6.07, 6.45) is 0.124. The Morgan fingerprint density at radius 3 is 2.13 bits per heavy atom. The van der Waals surface area contributed by atoms with E-state index in [0.29, 0.717) is 59.6 Å². The van der Waals surface area contributed by atoms with Gasteiger partial charge in [0.05, 0.1) is 12.6 Å². The van der Waals surface area contributed by atoms with E-state index in [0.717, 1.165) is 16.8 Å². The molecule has 4 unspecified atom stereocenters. The van der Waals surface area contributed by atoms with E-state index in [9.17, 15) is 14.0 Å². The third kappa shape index (κ3) is 8.33. The smallest absolute Gasteiger partial charge is 0.262 e. The minimum atomic E-state index is -3.03. The molecular weight excluding hydrogens is 719 g/mol. The summed E-state index contributed by atoms with van der Waals surface area (Å²) in [5, 5.41) is 5.67. The summed E-state index contributed by atoms with van der Waals surface area (Å²) in [5.74, 6) is -3.19. The molecular formula is C42H41F5N4O4. The largest absolute Gasteiger partial charge is 0.492 e. The molecule has 8 nitrogen and oxygen atoms in total. The maximum atomic E-state index is 15.7. The Labute approximate surface area is 315 Å². The molecule has 0 spiro atoms. The van der Waals surface area contributed by atoms with Crippen molar-refractivity contribution in [2.24, 2.45) is 0 Å². The summed E-state index contributed by atoms with van der Waals surface area (Å²) in [6, 6.07) is 18.8. The van der Waals surface area contributed by atoms with Crippen molar-refractivity contribution in [2.45, 2.75) is 68.7 Å². The number of aryl methyl sites for hydroxylation is 2. The first-order valence-electron chi connectivity index (χ1n) is 18.6. The number of likely N-dealkylation sites (tertiary alicyclic amines) is 2. The van der Waals surface area contributed by atoms with E-state index in [1.54, 1.807) is 47.4 Å². The van der Waals surface area contributed by atoms with Gasteiger partial charge in [0.15, 0.2) is 0 Å². The monoisotopic (exact) mass is 760 g/mol. The zero-order valence-electron chi connectivity index (χ0n) is 30.0. The Morgan fingerprint density at radius 1 is 0.764 bits per heavy atom. The van der Waals surface area contributed by atoms with Crippen LogP contribution in [0, 0.1) is 11.6 Å². The number of nitrogens with zero attached hydrogens (tertiary/aromatic N) is 2. The summed E-state index contributed by atoms with van der Waals surface area (Å²) in [7, 11) is 0. The quantitative estimate of drug-likeness (QED) is 0.151. The average molecular weight is 761 g/mol. The molecule has 4 aromatic carbocycles. The number of halogens is 5. The first-order chi connectivity index (χ1) is 26.5. The zero-order chi connectivity index (χ0) is 38.3. The van der Waals surface area contributed by atoms with Gasteiger partial charge in [-0.2, -0.15) is 0 Å². The van der Waals surface area contributed by atoms with E-state index < -0.39 is 54.8 Å². The number of amides is 2. The minimum absolute atomic E-state index is 0.0305. The third-order valence-electron chi connectivity index (χ3n) is 11.0. The summed E-state index contributed by atoms with van der Waals surface area (Å²) in [4.78, 5) is 27.1. The van der Waals surface area contributed by atoms with E-state index in [-0.39, 0.29) is 44.5 Å². The fraction of sp³-hybridized carbons (Fsp3) is 0.381. The lowest BCUT2D eigenvalue weighted by Crippen LogP contribution is -2.34. The van der Waals surface area contributed by atoms with E-state index in [1.807, 2.05) is 17.0 Å². The third-order valence-corrected chi connectivity index (χ3v) is 11.0. The molecule has 4 atom stereocenters. The van der Waals surface area contributed by atoms with Gasteiger partial charge < -0.3 is 20.1 Å². The van der Waals surface area contributed by atoms with Gasteiger partial charge in [0.25, 0.3) is 5.92 Å². The molecule has 2 fully saturated rings. The number of ether oxygens (including phenoxy) is 2. The lowest BCUT2D eigenvalue weighted by Gasteiger charge is -2.34. The Morgan fingerprint density at radius 2 is 1.44 bits per heavy atom. The van der Waals surface area contributed by atoms with Crippen molar-refractivity contribution in [3.63, 3.8) is 0 Å². The van der Waals surface area contributed by atoms with Gasteiger partial charge in [0, 0.05) is 55.8 Å². The Bertz CT molecular complexity index is 2100. The highest BCUT2D eigenvalue weighted by atomic mass is 19.3. The number of fused-ring (bicyclic) bond motifs is 2. The maximum absolute atomic E-state index is 15.7. The van der Waals surface area contributed by atoms with E-state index >= 15 is 17.6 Å². The molecule has 4 aromatic rings. The van der Waals surface area contributed by atoms with Crippen LogP contribution in [0.25, 0.3) is 0 Å². The van der Waals surface area contributed by atoms with Crippen LogP contribution in [0.15, 0.2) is 78.9 Å². The molecule has 4 aliphatic rings. The first-order valence-corrected chi connectivity index (χ1v) is 18.6. The van der Waals surface area contributed by atoms with Crippen molar-refractivity contribution in [3.8, 4) is 11.5 Å². The molecule has 288 valence electrons. The van der Waals surface area contributed by atoms with Gasteiger partial charge in [0.1, 0.15) is 42.5 Å². The number of carbonyl (C=O) groups is 2. The van der Waals surface area contributed by atoms with Gasteiger partial charge in [-0.25, -0.2) is 22.0 Å². The van der Waals surface area contributed by atoms with Crippen LogP contribution in [-0.2, 0) is 22.4 Å². The van der Waals surface area contributed by atoms with Crippen LogP contribution in [0.5, 0.6) is 11.5 Å². The molecule has 2 N–H and O–H groups in total. The molecule has 55 heavy (non-hydrogen) atoms. The molecule has 0 aliphatic carbocycles. The second kappa shape index (κ2) is 15.3. The predicted molar refractivity (Wildman–Crippen MR) is 196 cm³/mol. The number of anilines is 2. The second-order valence-corrected chi connectivity index (χ2v) is 14.9. The number of rotatable bonds is 11. The second-order valence-electron chi connectivity index (χ2n) is 14.9. The number of hydrogen-bond donors (Lipinski definition) is 2. The predicted octanol–water partition coefficient (Wildman–Crippen LogP) is 8.10. The molecule has 2 saturated heterocycles. The highest BCUT2D eigenvalue weighted by Gasteiger charge is 2.46. The number of carbonyl (C=O) groups excluding carboxylic acids is 2. The van der Waals surface area contributed by atoms with Crippen LogP contribution in [-0.4, -0.2) is 66.6 Å². The van der Waals surface area contributed by atoms with E-state index in [1.165, 1.54) is 24.3 Å². The van der Waals surface area contributed by atoms with Crippen LogP contribution in [0.2, 0.25) is 0 Å². The molecule has 4 aliphatic heterocycles. The molecule has 8 rings (SSSR count). The Balaban J connectivity index is 1.06. The summed E-state index contributed by atoms with van der Waals surface area (Å²) in [6.45, 7) is -0.372. The van der Waals surface area contributed by atoms with Crippen molar-refractivity contribution in [2.75, 3.05) is 43.5 Å². The van der Waals surface area contributed by atoms with Crippen LogP contribution < -0.4 is 20.1 Å². The zero-order valence-corrected chi connectivity index (χ0v) is 30.0. The van der Waals surface area contributed by atoms with Crippen LogP contribution >= 0.6 is 0 Å². The lowest BCUT2D eigenvalue weighted by atomic mass is 9.95. The molecule has 0 bridgehead atoms. The fourth-order valence-electron chi connectivity index (χ4n) is 8.40. The SMILES string of the molecule is O=C1CCc2cc(OCCN3CC(F)(F)CC3c3cc(F)cc(C(COc4ccc5c(c4)CCC(=O)N5)N4CC(F)CC4c4cccc(F)c4)c3)ccc2N1. The van der Waals surface area contributed by atoms with Crippen molar-refractivity contribution in [1.82, 2.24) is 9.80 Å². The number of hydrogen-bond acceptors (Lipinski definition) is 6. The summed E-state index contributed by atoms with van der Waals surface area (Å²) < 4.78 is 88.1. The van der Waals surface area contributed by atoms with Crippen LogP contribution in [0.1, 0.15) is 71.6 Å². The molecule has 13 heteroatoms. The van der Waals surface area contributed by atoms with Crippen molar-refractivity contribution < 1.29 is 41.0 Å². The normalized spacial score (nSPS) is 22.7. The highest BCUT2D eigenvalue weighted by molar-refractivity contribution is 5.94. The molecule has 2 amide bonds. The minimum Gasteiger partial charge on any atom is -0.492 e. The molecule has 0 radical (unpaired) electrons. The summed E-state index contributed by atoms with van der Waals surface area (Å²) in [5.41, 5.74) is 4.59. The van der Waals surface area contributed by atoms with Crippen LogP contribution in [0.4, 0.5) is 33.3 Å². The van der Waals surface area contributed by atoms with Gasteiger partial charge in [-0.3, -0.25) is 19.4 Å². The van der Waals surface area contributed by atoms with Gasteiger partial charge in [0.2, 0.25) is 11.8 Å². The van der Waals surface area contributed by atoms with Gasteiger partial charge >= 0.3 is 0 Å². The van der Waals surface area contributed by atoms with Gasteiger partial charge in [-0.05, 0) is 108 Å². The van der Waals surface area contributed by atoms with E-state index in [2.05, 4.69) is 10.6 Å². The van der Waals surface area contributed by atoms with Gasteiger partial charge in [-0.15, -0.1) is 0 Å². The van der Waals surface area contributed by atoms with E-state index in [4.69, 9.17) is 9.47 Å². The average Bonchev–Trinajstić information content (AvgIpc) is 3.69. The number of benzene rings is 4. The topological polar surface area (TPSA) is 83.1 Å². The Hall–Kier alpha value is -5.01. The first kappa shape index (κ1) is 36.9. The number of alkyl halides is 3. The lowest BCUT2D eigenvalue weighted by molar-refractivity contribution is -0.117. The molecule has 0 saturated carbocycles. The number of nitrogens with one attached hydrogen (secondary N) is 2. The molecule has 4 heterocycles. The Kier molecular flexibility index (Phi) is 10.2.